The fourth-order valence-corrected chi connectivity index (χ4v) is 2.10. The van der Waals surface area contributed by atoms with E-state index in [1.165, 1.54) is 0 Å². The Balaban J connectivity index is 2.05. The molecule has 1 aliphatic rings. The Hall–Kier alpha value is -1.55. The topological polar surface area (TPSA) is 52.6 Å². The quantitative estimate of drug-likeness (QED) is 0.855. The van der Waals surface area contributed by atoms with Crippen LogP contribution in [0.5, 0.6) is 0 Å². The van der Waals surface area contributed by atoms with Crippen molar-refractivity contribution in [1.29, 1.82) is 0 Å². The summed E-state index contributed by atoms with van der Waals surface area (Å²) < 4.78 is 0. The number of aliphatic hydroxyl groups excluding tert-OH is 1. The van der Waals surface area contributed by atoms with Crippen LogP contribution in [0, 0.1) is 5.41 Å². The van der Waals surface area contributed by atoms with E-state index in [-0.39, 0.29) is 17.9 Å². The Kier molecular flexibility index (Phi) is 4.10. The molecule has 19 heavy (non-hydrogen) atoms. The van der Waals surface area contributed by atoms with Gasteiger partial charge in [-0.15, -0.1) is 0 Å². The van der Waals surface area contributed by atoms with E-state index >= 15 is 0 Å². The van der Waals surface area contributed by atoms with E-state index in [0.717, 1.165) is 24.3 Å². The van der Waals surface area contributed by atoms with Crippen molar-refractivity contribution >= 4 is 17.3 Å². The van der Waals surface area contributed by atoms with Crippen molar-refractivity contribution in [3.8, 4) is 0 Å². The number of rotatable bonds is 5. The lowest BCUT2D eigenvalue weighted by Crippen LogP contribution is -2.27. The number of carbonyl (C=O) groups is 1. The van der Waals surface area contributed by atoms with Crippen molar-refractivity contribution in [2.24, 2.45) is 5.41 Å². The summed E-state index contributed by atoms with van der Waals surface area (Å²) in [6.45, 7) is 5.66. The summed E-state index contributed by atoms with van der Waals surface area (Å²) in [5.74, 6) is 0.202. The number of benzene rings is 1. The molecular formula is C15H22N2O2. The highest BCUT2D eigenvalue weighted by atomic mass is 16.3. The molecule has 1 fully saturated rings. The van der Waals surface area contributed by atoms with Crippen LogP contribution in [0.25, 0.3) is 0 Å². The molecule has 1 heterocycles. The molecule has 0 aromatic heterocycles. The van der Waals surface area contributed by atoms with Crippen molar-refractivity contribution < 1.29 is 9.90 Å². The standard InChI is InChI=1S/C15H22N2O2/c1-15(2,11-18)10-16-12-5-3-6-13(9-12)17-8-4-7-14(17)19/h3,5-6,9,16,18H,4,7-8,10-11H2,1-2H3. The third kappa shape index (κ3) is 3.47. The first-order valence-corrected chi connectivity index (χ1v) is 6.77. The molecule has 0 aliphatic carbocycles. The van der Waals surface area contributed by atoms with Crippen molar-refractivity contribution in [3.63, 3.8) is 0 Å². The summed E-state index contributed by atoms with van der Waals surface area (Å²) in [6, 6.07) is 7.90. The van der Waals surface area contributed by atoms with Crippen LogP contribution in [0.3, 0.4) is 0 Å². The van der Waals surface area contributed by atoms with Gasteiger partial charge in [-0.25, -0.2) is 0 Å². The average molecular weight is 262 g/mol. The minimum atomic E-state index is -0.153. The fraction of sp³-hybridized carbons (Fsp3) is 0.533. The molecule has 0 unspecified atom stereocenters. The van der Waals surface area contributed by atoms with Crippen LogP contribution in [0.15, 0.2) is 24.3 Å². The van der Waals surface area contributed by atoms with Gasteiger partial charge in [-0.3, -0.25) is 4.79 Å². The van der Waals surface area contributed by atoms with Gasteiger partial charge in [0.25, 0.3) is 0 Å². The number of anilines is 2. The largest absolute Gasteiger partial charge is 0.396 e. The lowest BCUT2D eigenvalue weighted by Gasteiger charge is -2.23. The first-order valence-electron chi connectivity index (χ1n) is 6.77. The molecule has 0 radical (unpaired) electrons. The highest BCUT2D eigenvalue weighted by Gasteiger charge is 2.22. The highest BCUT2D eigenvalue weighted by Crippen LogP contribution is 2.25. The molecule has 0 saturated carbocycles. The zero-order valence-corrected chi connectivity index (χ0v) is 11.6. The molecule has 4 nitrogen and oxygen atoms in total. The first-order chi connectivity index (χ1) is 9.02. The Labute approximate surface area is 114 Å². The summed E-state index contributed by atoms with van der Waals surface area (Å²) in [7, 11) is 0. The summed E-state index contributed by atoms with van der Waals surface area (Å²) >= 11 is 0. The van der Waals surface area contributed by atoms with Crippen LogP contribution in [0.4, 0.5) is 11.4 Å². The second kappa shape index (κ2) is 5.61. The number of aliphatic hydroxyl groups is 1. The van der Waals surface area contributed by atoms with Gasteiger partial charge in [-0.1, -0.05) is 19.9 Å². The number of nitrogens with one attached hydrogen (secondary N) is 1. The highest BCUT2D eigenvalue weighted by molar-refractivity contribution is 5.95. The molecule has 2 rings (SSSR count). The average Bonchev–Trinajstić information content (AvgIpc) is 2.83. The molecule has 1 aromatic carbocycles. The number of nitrogens with zero attached hydrogens (tertiary/aromatic N) is 1. The Morgan fingerprint density at radius 1 is 1.42 bits per heavy atom. The number of carbonyl (C=O) groups excluding carboxylic acids is 1. The van der Waals surface area contributed by atoms with E-state index < -0.39 is 0 Å². The van der Waals surface area contributed by atoms with E-state index in [9.17, 15) is 9.90 Å². The summed E-state index contributed by atoms with van der Waals surface area (Å²) in [4.78, 5) is 13.6. The molecule has 1 aromatic rings. The molecule has 1 amide bonds. The van der Waals surface area contributed by atoms with Gasteiger partial charge in [0.05, 0.1) is 0 Å². The van der Waals surface area contributed by atoms with Gasteiger partial charge in [-0.05, 0) is 24.6 Å². The van der Waals surface area contributed by atoms with Gasteiger partial charge in [0.15, 0.2) is 0 Å². The third-order valence-electron chi connectivity index (χ3n) is 3.43. The molecular weight excluding hydrogens is 240 g/mol. The molecule has 1 saturated heterocycles. The fourth-order valence-electron chi connectivity index (χ4n) is 2.10. The molecule has 0 spiro atoms. The second-order valence-corrected chi connectivity index (χ2v) is 5.88. The molecule has 4 heteroatoms. The minimum absolute atomic E-state index is 0.143. The zero-order chi connectivity index (χ0) is 13.9. The predicted octanol–water partition coefficient (Wildman–Crippen LogP) is 2.24. The van der Waals surface area contributed by atoms with Crippen molar-refractivity contribution in [2.45, 2.75) is 26.7 Å². The van der Waals surface area contributed by atoms with E-state index in [0.29, 0.717) is 13.0 Å². The van der Waals surface area contributed by atoms with Gasteiger partial charge in [0.1, 0.15) is 0 Å². The predicted molar refractivity (Wildman–Crippen MR) is 77.4 cm³/mol. The Morgan fingerprint density at radius 3 is 2.84 bits per heavy atom. The summed E-state index contributed by atoms with van der Waals surface area (Å²) in [5.41, 5.74) is 1.78. The molecule has 104 valence electrons. The van der Waals surface area contributed by atoms with Gasteiger partial charge >= 0.3 is 0 Å². The Bertz CT molecular complexity index is 457. The van der Waals surface area contributed by atoms with Crippen molar-refractivity contribution in [1.82, 2.24) is 0 Å². The zero-order valence-electron chi connectivity index (χ0n) is 11.6. The van der Waals surface area contributed by atoms with Gasteiger partial charge < -0.3 is 15.3 Å². The molecule has 2 N–H and O–H groups in total. The van der Waals surface area contributed by atoms with E-state index in [2.05, 4.69) is 5.32 Å². The number of hydrogen-bond acceptors (Lipinski definition) is 3. The maximum Gasteiger partial charge on any atom is 0.227 e. The van der Waals surface area contributed by atoms with Crippen LogP contribution >= 0.6 is 0 Å². The summed E-state index contributed by atoms with van der Waals surface area (Å²) in [5, 5.41) is 12.6. The third-order valence-corrected chi connectivity index (χ3v) is 3.43. The normalized spacial score (nSPS) is 15.9. The first kappa shape index (κ1) is 13.9. The van der Waals surface area contributed by atoms with Gasteiger partial charge in [0, 0.05) is 42.9 Å². The van der Waals surface area contributed by atoms with Crippen molar-refractivity contribution in [3.05, 3.63) is 24.3 Å². The maximum absolute atomic E-state index is 11.7. The van der Waals surface area contributed by atoms with E-state index in [1.807, 2.05) is 43.0 Å². The van der Waals surface area contributed by atoms with Crippen molar-refractivity contribution in [2.75, 3.05) is 29.9 Å². The second-order valence-electron chi connectivity index (χ2n) is 5.88. The minimum Gasteiger partial charge on any atom is -0.396 e. The maximum atomic E-state index is 11.7. The number of amides is 1. The summed E-state index contributed by atoms with van der Waals surface area (Å²) in [6.07, 6.45) is 1.59. The Morgan fingerprint density at radius 2 is 2.21 bits per heavy atom. The SMILES string of the molecule is CC(C)(CO)CNc1cccc(N2CCCC2=O)c1. The lowest BCUT2D eigenvalue weighted by atomic mass is 9.95. The monoisotopic (exact) mass is 262 g/mol. The van der Waals surface area contributed by atoms with Gasteiger partial charge in [0.2, 0.25) is 5.91 Å². The van der Waals surface area contributed by atoms with E-state index in [4.69, 9.17) is 0 Å². The van der Waals surface area contributed by atoms with Gasteiger partial charge in [-0.2, -0.15) is 0 Å². The van der Waals surface area contributed by atoms with Crippen LogP contribution in [-0.4, -0.2) is 30.7 Å². The molecule has 1 aliphatic heterocycles. The van der Waals surface area contributed by atoms with Crippen LogP contribution in [0.2, 0.25) is 0 Å². The van der Waals surface area contributed by atoms with E-state index in [1.54, 1.807) is 0 Å². The molecule has 0 bridgehead atoms. The van der Waals surface area contributed by atoms with Crippen LogP contribution in [0.1, 0.15) is 26.7 Å². The lowest BCUT2D eigenvalue weighted by molar-refractivity contribution is -0.117. The smallest absolute Gasteiger partial charge is 0.227 e. The number of hydrogen-bond donors (Lipinski definition) is 2. The molecule has 0 atom stereocenters. The van der Waals surface area contributed by atoms with Crippen LogP contribution < -0.4 is 10.2 Å². The van der Waals surface area contributed by atoms with Crippen LogP contribution in [-0.2, 0) is 4.79 Å².